The summed E-state index contributed by atoms with van der Waals surface area (Å²) in [5.74, 6) is -0.752. The molecular formula is C21H12N4O7. The van der Waals surface area contributed by atoms with E-state index in [1.807, 2.05) is 0 Å². The summed E-state index contributed by atoms with van der Waals surface area (Å²) in [6.45, 7) is 0. The number of anilines is 1. The highest BCUT2D eigenvalue weighted by molar-refractivity contribution is 6.05. The van der Waals surface area contributed by atoms with Crippen LogP contribution in [0.5, 0.6) is 0 Å². The van der Waals surface area contributed by atoms with Gasteiger partial charge in [0.2, 0.25) is 5.89 Å². The largest absolute Gasteiger partial charge is 0.403 e. The molecule has 1 heterocycles. The number of para-hydroxylation sites is 1. The predicted molar refractivity (Wildman–Crippen MR) is 113 cm³/mol. The van der Waals surface area contributed by atoms with Crippen LogP contribution in [0.4, 0.5) is 17.1 Å². The van der Waals surface area contributed by atoms with E-state index in [1.54, 1.807) is 36.4 Å². The van der Waals surface area contributed by atoms with Gasteiger partial charge in [0.15, 0.2) is 0 Å². The second kappa shape index (κ2) is 8.07. The molecule has 0 radical (unpaired) electrons. The van der Waals surface area contributed by atoms with Gasteiger partial charge in [-0.05, 0) is 30.3 Å². The van der Waals surface area contributed by atoms with E-state index in [4.69, 9.17) is 4.42 Å². The lowest BCUT2D eigenvalue weighted by Gasteiger charge is -2.07. The number of aromatic nitrogens is 1. The van der Waals surface area contributed by atoms with Gasteiger partial charge in [-0.1, -0.05) is 18.2 Å². The second-order valence-electron chi connectivity index (χ2n) is 6.61. The zero-order chi connectivity index (χ0) is 22.8. The van der Waals surface area contributed by atoms with Gasteiger partial charge in [-0.2, -0.15) is 0 Å². The third-order valence-corrected chi connectivity index (χ3v) is 4.49. The predicted octanol–water partition coefficient (Wildman–Crippen LogP) is 3.92. The molecule has 11 nitrogen and oxygen atoms in total. The van der Waals surface area contributed by atoms with Crippen molar-refractivity contribution >= 4 is 33.9 Å². The monoisotopic (exact) mass is 432 g/mol. The minimum Gasteiger partial charge on any atom is -0.403 e. The Balaban J connectivity index is 1.67. The lowest BCUT2D eigenvalue weighted by atomic mass is 10.1. The summed E-state index contributed by atoms with van der Waals surface area (Å²) in [4.78, 5) is 49.6. The van der Waals surface area contributed by atoms with Crippen LogP contribution in [0.15, 0.2) is 75.9 Å². The van der Waals surface area contributed by atoms with Gasteiger partial charge >= 0.3 is 5.63 Å². The molecule has 0 bridgehead atoms. The van der Waals surface area contributed by atoms with Gasteiger partial charge in [0.25, 0.3) is 17.3 Å². The number of carbonyl (C=O) groups excluding carboxylic acids is 1. The van der Waals surface area contributed by atoms with Crippen molar-refractivity contribution in [3.8, 4) is 11.5 Å². The molecule has 1 amide bonds. The molecule has 32 heavy (non-hydrogen) atoms. The Morgan fingerprint density at radius 3 is 2.28 bits per heavy atom. The zero-order valence-corrected chi connectivity index (χ0v) is 16.1. The fourth-order valence-corrected chi connectivity index (χ4v) is 3.01. The van der Waals surface area contributed by atoms with Crippen LogP contribution in [0.2, 0.25) is 0 Å². The van der Waals surface area contributed by atoms with Crippen LogP contribution in [0.25, 0.3) is 22.4 Å². The van der Waals surface area contributed by atoms with E-state index in [9.17, 15) is 29.8 Å². The van der Waals surface area contributed by atoms with Crippen molar-refractivity contribution < 1.29 is 19.1 Å². The third kappa shape index (κ3) is 4.03. The molecule has 1 aromatic heterocycles. The van der Waals surface area contributed by atoms with Gasteiger partial charge in [0.05, 0.1) is 32.4 Å². The number of hydrogen-bond donors (Lipinski definition) is 1. The van der Waals surface area contributed by atoms with Crippen molar-refractivity contribution in [3.63, 3.8) is 0 Å². The molecule has 0 aliphatic rings. The van der Waals surface area contributed by atoms with Crippen molar-refractivity contribution in [1.82, 2.24) is 4.98 Å². The lowest BCUT2D eigenvalue weighted by molar-refractivity contribution is -0.394. The second-order valence-corrected chi connectivity index (χ2v) is 6.61. The maximum atomic E-state index is 12.6. The van der Waals surface area contributed by atoms with E-state index < -0.39 is 32.8 Å². The SMILES string of the molecule is O=C(Nc1cccc(-c2nc3ccccc3c(=O)o2)c1)c1cc([N+](=O)[O-])cc([N+](=O)[O-])c1. The number of rotatable bonds is 5. The minimum absolute atomic E-state index is 0.0378. The molecule has 158 valence electrons. The van der Waals surface area contributed by atoms with E-state index >= 15 is 0 Å². The van der Waals surface area contributed by atoms with Gasteiger partial charge in [0.1, 0.15) is 0 Å². The molecule has 0 unspecified atom stereocenters. The number of fused-ring (bicyclic) bond motifs is 1. The zero-order valence-electron chi connectivity index (χ0n) is 16.1. The maximum absolute atomic E-state index is 12.6. The van der Waals surface area contributed by atoms with Gasteiger partial charge < -0.3 is 9.73 Å². The number of non-ortho nitro benzene ring substituents is 2. The van der Waals surface area contributed by atoms with Crippen molar-refractivity contribution in [2.75, 3.05) is 5.32 Å². The van der Waals surface area contributed by atoms with Crippen molar-refractivity contribution in [1.29, 1.82) is 0 Å². The molecule has 0 aliphatic carbocycles. The number of nitro benzene ring substituents is 2. The number of carbonyl (C=O) groups is 1. The van der Waals surface area contributed by atoms with E-state index in [0.717, 1.165) is 18.2 Å². The van der Waals surface area contributed by atoms with E-state index in [1.165, 1.54) is 12.1 Å². The number of nitrogens with zero attached hydrogens (tertiary/aromatic N) is 3. The van der Waals surface area contributed by atoms with Crippen LogP contribution in [-0.4, -0.2) is 20.7 Å². The molecular weight excluding hydrogens is 420 g/mol. The topological polar surface area (TPSA) is 158 Å². The van der Waals surface area contributed by atoms with Gasteiger partial charge in [0, 0.05) is 23.4 Å². The van der Waals surface area contributed by atoms with Crippen molar-refractivity contribution in [3.05, 3.63) is 103 Å². The fourth-order valence-electron chi connectivity index (χ4n) is 3.01. The molecule has 1 N–H and O–H groups in total. The van der Waals surface area contributed by atoms with E-state index in [0.29, 0.717) is 16.5 Å². The highest BCUT2D eigenvalue weighted by Crippen LogP contribution is 2.25. The molecule has 3 aromatic carbocycles. The van der Waals surface area contributed by atoms with Crippen LogP contribution in [0.1, 0.15) is 10.4 Å². The Labute approximate surface area is 178 Å². The Hall–Kier alpha value is -4.93. The summed E-state index contributed by atoms with van der Waals surface area (Å²) < 4.78 is 5.28. The minimum atomic E-state index is -0.822. The van der Waals surface area contributed by atoms with Crippen LogP contribution < -0.4 is 10.9 Å². The highest BCUT2D eigenvalue weighted by Gasteiger charge is 2.20. The third-order valence-electron chi connectivity index (χ3n) is 4.49. The summed E-state index contributed by atoms with van der Waals surface area (Å²) in [5.41, 5.74) is -0.886. The summed E-state index contributed by atoms with van der Waals surface area (Å²) in [6, 6.07) is 15.5. The molecule has 0 saturated carbocycles. The molecule has 0 saturated heterocycles. The fraction of sp³-hybridized carbons (Fsp3) is 0. The first-order valence-electron chi connectivity index (χ1n) is 9.07. The summed E-state index contributed by atoms with van der Waals surface area (Å²) in [5, 5.41) is 24.9. The number of benzene rings is 3. The molecule has 0 aliphatic heterocycles. The summed E-state index contributed by atoms with van der Waals surface area (Å²) >= 11 is 0. The quantitative estimate of drug-likeness (QED) is 0.367. The lowest BCUT2D eigenvalue weighted by Crippen LogP contribution is -2.12. The Kier molecular flexibility index (Phi) is 5.13. The number of hydrogen-bond acceptors (Lipinski definition) is 8. The standard InChI is InChI=1S/C21H12N4O7/c26-19(13-9-15(24(28)29)11-16(10-13)25(30)31)22-14-5-3-4-12(8-14)20-23-18-7-2-1-6-17(18)21(27)32-20/h1-11H,(H,22,26). The number of amides is 1. The number of nitro groups is 2. The average molecular weight is 432 g/mol. The van der Waals surface area contributed by atoms with Crippen LogP contribution in [-0.2, 0) is 0 Å². The Morgan fingerprint density at radius 2 is 1.59 bits per heavy atom. The maximum Gasteiger partial charge on any atom is 0.347 e. The number of nitrogens with one attached hydrogen (secondary N) is 1. The Morgan fingerprint density at radius 1 is 0.906 bits per heavy atom. The first-order chi connectivity index (χ1) is 15.3. The molecule has 4 aromatic rings. The Bertz CT molecular complexity index is 1430. The van der Waals surface area contributed by atoms with Crippen LogP contribution >= 0.6 is 0 Å². The average Bonchev–Trinajstić information content (AvgIpc) is 2.78. The molecule has 0 fully saturated rings. The first kappa shape index (κ1) is 20.3. The van der Waals surface area contributed by atoms with Crippen LogP contribution in [0, 0.1) is 20.2 Å². The highest BCUT2D eigenvalue weighted by atomic mass is 16.6. The van der Waals surface area contributed by atoms with Crippen molar-refractivity contribution in [2.45, 2.75) is 0 Å². The van der Waals surface area contributed by atoms with Crippen molar-refractivity contribution in [2.24, 2.45) is 0 Å². The first-order valence-corrected chi connectivity index (χ1v) is 9.07. The smallest absolute Gasteiger partial charge is 0.347 e. The molecule has 0 atom stereocenters. The van der Waals surface area contributed by atoms with Gasteiger partial charge in [-0.3, -0.25) is 25.0 Å². The van der Waals surface area contributed by atoms with Crippen LogP contribution in [0.3, 0.4) is 0 Å². The van der Waals surface area contributed by atoms with E-state index in [2.05, 4.69) is 10.3 Å². The van der Waals surface area contributed by atoms with Gasteiger partial charge in [-0.25, -0.2) is 9.78 Å². The molecule has 11 heteroatoms. The normalized spacial score (nSPS) is 10.6. The molecule has 4 rings (SSSR count). The van der Waals surface area contributed by atoms with Gasteiger partial charge in [-0.15, -0.1) is 0 Å². The summed E-state index contributed by atoms with van der Waals surface area (Å²) in [7, 11) is 0. The van der Waals surface area contributed by atoms with E-state index in [-0.39, 0.29) is 17.1 Å². The summed E-state index contributed by atoms with van der Waals surface area (Å²) in [6.07, 6.45) is 0. The molecule has 0 spiro atoms.